The van der Waals surface area contributed by atoms with Gasteiger partial charge in [0.1, 0.15) is 11.3 Å². The van der Waals surface area contributed by atoms with E-state index in [1.54, 1.807) is 20.8 Å². The molecule has 142 valence electrons. The van der Waals surface area contributed by atoms with Crippen LogP contribution in [0.1, 0.15) is 44.4 Å². The number of amides is 1. The molecule has 5 heteroatoms. The van der Waals surface area contributed by atoms with E-state index in [4.69, 9.17) is 9.47 Å². The van der Waals surface area contributed by atoms with Crippen molar-refractivity contribution in [3.05, 3.63) is 52.7 Å². The molecule has 0 fully saturated rings. The summed E-state index contributed by atoms with van der Waals surface area (Å²) >= 11 is 0. The number of benzene rings is 2. The van der Waals surface area contributed by atoms with E-state index in [-0.39, 0.29) is 5.70 Å². The third kappa shape index (κ3) is 3.82. The topological polar surface area (TPSA) is 64.6 Å². The number of aryl methyl sites for hydroxylation is 2. The predicted octanol–water partition coefficient (Wildman–Crippen LogP) is 4.37. The molecule has 1 amide bonds. The minimum absolute atomic E-state index is 0.0884. The van der Waals surface area contributed by atoms with Crippen LogP contribution in [0.3, 0.4) is 0 Å². The number of alkyl carbamates (subject to hydrolysis) is 1. The highest BCUT2D eigenvalue weighted by atomic mass is 16.6. The van der Waals surface area contributed by atoms with Crippen LogP contribution < -0.4 is 5.32 Å². The Bertz CT molecular complexity index is 940. The molecular formula is C22H25NO4. The first-order chi connectivity index (χ1) is 12.7. The lowest BCUT2D eigenvalue weighted by molar-refractivity contribution is -0.136. The zero-order valence-electron chi connectivity index (χ0n) is 16.4. The number of ether oxygens (including phenoxy) is 2. The Labute approximate surface area is 159 Å². The molecule has 0 saturated heterocycles. The molecule has 1 aliphatic carbocycles. The molecule has 27 heavy (non-hydrogen) atoms. The quantitative estimate of drug-likeness (QED) is 0.646. The van der Waals surface area contributed by atoms with Crippen LogP contribution in [0.4, 0.5) is 4.79 Å². The lowest BCUT2D eigenvalue weighted by atomic mass is 9.95. The summed E-state index contributed by atoms with van der Waals surface area (Å²) in [5.41, 5.74) is 3.60. The van der Waals surface area contributed by atoms with Crippen molar-refractivity contribution in [3.8, 4) is 0 Å². The first-order valence-electron chi connectivity index (χ1n) is 9.04. The van der Waals surface area contributed by atoms with Crippen molar-refractivity contribution < 1.29 is 19.1 Å². The molecule has 0 unspecified atom stereocenters. The number of hydrogen-bond donors (Lipinski definition) is 1. The highest BCUT2D eigenvalue weighted by Crippen LogP contribution is 2.35. The Morgan fingerprint density at radius 1 is 1.04 bits per heavy atom. The summed E-state index contributed by atoms with van der Waals surface area (Å²) in [4.78, 5) is 24.6. The van der Waals surface area contributed by atoms with E-state index >= 15 is 0 Å². The Balaban J connectivity index is 2.09. The molecular weight excluding hydrogens is 342 g/mol. The fourth-order valence-electron chi connectivity index (χ4n) is 3.51. The third-order valence-corrected chi connectivity index (χ3v) is 4.67. The average Bonchev–Trinajstić information content (AvgIpc) is 3.02. The van der Waals surface area contributed by atoms with Crippen LogP contribution in [0.5, 0.6) is 0 Å². The molecule has 0 aliphatic heterocycles. The summed E-state index contributed by atoms with van der Waals surface area (Å²) in [5.74, 6) is -0.610. The molecule has 1 N–H and O–H groups in total. The maximum atomic E-state index is 12.4. The second-order valence-corrected chi connectivity index (χ2v) is 7.73. The summed E-state index contributed by atoms with van der Waals surface area (Å²) in [7, 11) is 1.29. The maximum Gasteiger partial charge on any atom is 0.412 e. The van der Waals surface area contributed by atoms with Gasteiger partial charge >= 0.3 is 12.1 Å². The molecule has 0 heterocycles. The maximum absolute atomic E-state index is 12.4. The number of methoxy groups -OCH3 is 1. The van der Waals surface area contributed by atoms with Gasteiger partial charge < -0.3 is 9.47 Å². The van der Waals surface area contributed by atoms with Gasteiger partial charge in [-0.3, -0.25) is 5.32 Å². The highest BCUT2D eigenvalue weighted by Gasteiger charge is 2.24. The Kier molecular flexibility index (Phi) is 4.96. The van der Waals surface area contributed by atoms with E-state index in [2.05, 4.69) is 23.5 Å². The van der Waals surface area contributed by atoms with E-state index in [0.717, 1.165) is 23.8 Å². The minimum atomic E-state index is -0.687. The average molecular weight is 367 g/mol. The van der Waals surface area contributed by atoms with E-state index in [1.807, 2.05) is 19.1 Å². The van der Waals surface area contributed by atoms with Crippen LogP contribution in [0, 0.1) is 0 Å². The van der Waals surface area contributed by atoms with Crippen LogP contribution in [-0.4, -0.2) is 24.8 Å². The van der Waals surface area contributed by atoms with Crippen molar-refractivity contribution in [2.45, 2.75) is 46.1 Å². The SMILES string of the molecule is COC(=O)/C(NC(=O)OC(C)(C)C)=C(/C)c1ccc2c3c(cccc13)CC2. The van der Waals surface area contributed by atoms with Gasteiger partial charge in [-0.05, 0) is 73.6 Å². The fourth-order valence-corrected chi connectivity index (χ4v) is 3.51. The van der Waals surface area contributed by atoms with Crippen molar-refractivity contribution in [2.75, 3.05) is 7.11 Å². The lowest BCUT2D eigenvalue weighted by Gasteiger charge is -2.21. The molecule has 0 spiro atoms. The molecule has 2 aromatic carbocycles. The monoisotopic (exact) mass is 367 g/mol. The molecule has 5 nitrogen and oxygen atoms in total. The van der Waals surface area contributed by atoms with Gasteiger partial charge in [0.15, 0.2) is 0 Å². The standard InChI is InChI=1S/C22H25NO4/c1-13(19(20(24)26-5)23-21(25)27-22(2,3)4)16-12-11-15-10-9-14-7-6-8-17(16)18(14)15/h6-8,11-12H,9-10H2,1-5H3,(H,23,25)/b19-13+. The smallest absolute Gasteiger partial charge is 0.412 e. The van der Waals surface area contributed by atoms with Gasteiger partial charge in [-0.1, -0.05) is 30.3 Å². The van der Waals surface area contributed by atoms with Crippen LogP contribution in [0.2, 0.25) is 0 Å². The van der Waals surface area contributed by atoms with E-state index in [0.29, 0.717) is 5.57 Å². The van der Waals surface area contributed by atoms with E-state index < -0.39 is 17.7 Å². The minimum Gasteiger partial charge on any atom is -0.464 e. The van der Waals surface area contributed by atoms with Crippen LogP contribution >= 0.6 is 0 Å². The second-order valence-electron chi connectivity index (χ2n) is 7.73. The van der Waals surface area contributed by atoms with Crippen LogP contribution in [0.15, 0.2) is 36.0 Å². The molecule has 0 radical (unpaired) electrons. The third-order valence-electron chi connectivity index (χ3n) is 4.67. The van der Waals surface area contributed by atoms with Crippen molar-refractivity contribution in [1.29, 1.82) is 0 Å². The summed E-state index contributed by atoms with van der Waals surface area (Å²) in [6, 6.07) is 10.3. The fraction of sp³-hybridized carbons (Fsp3) is 0.364. The van der Waals surface area contributed by atoms with Crippen molar-refractivity contribution in [3.63, 3.8) is 0 Å². The molecule has 0 saturated carbocycles. The first-order valence-corrected chi connectivity index (χ1v) is 9.04. The normalized spacial score (nSPS) is 14.0. The Hall–Kier alpha value is -2.82. The molecule has 0 aromatic heterocycles. The predicted molar refractivity (Wildman–Crippen MR) is 105 cm³/mol. The summed E-state index contributed by atoms with van der Waals surface area (Å²) in [5, 5.41) is 4.90. The van der Waals surface area contributed by atoms with E-state index in [9.17, 15) is 9.59 Å². The second kappa shape index (κ2) is 7.06. The van der Waals surface area contributed by atoms with Gasteiger partial charge in [0, 0.05) is 0 Å². The Morgan fingerprint density at radius 2 is 1.70 bits per heavy atom. The number of allylic oxidation sites excluding steroid dienone is 1. The molecule has 1 aliphatic rings. The van der Waals surface area contributed by atoms with Crippen molar-refractivity contribution >= 4 is 28.4 Å². The van der Waals surface area contributed by atoms with Gasteiger partial charge in [-0.2, -0.15) is 0 Å². The molecule has 0 bridgehead atoms. The van der Waals surface area contributed by atoms with Gasteiger partial charge in [-0.25, -0.2) is 9.59 Å². The summed E-state index contributed by atoms with van der Waals surface area (Å²) < 4.78 is 10.2. The zero-order chi connectivity index (χ0) is 19.8. The largest absolute Gasteiger partial charge is 0.464 e. The van der Waals surface area contributed by atoms with Gasteiger partial charge in [0.2, 0.25) is 0 Å². The lowest BCUT2D eigenvalue weighted by Crippen LogP contribution is -2.35. The van der Waals surface area contributed by atoms with Crippen molar-refractivity contribution in [1.82, 2.24) is 5.32 Å². The van der Waals surface area contributed by atoms with Crippen molar-refractivity contribution in [2.24, 2.45) is 0 Å². The number of hydrogen-bond acceptors (Lipinski definition) is 4. The number of nitrogens with one attached hydrogen (secondary N) is 1. The molecule has 0 atom stereocenters. The van der Waals surface area contributed by atoms with Crippen LogP contribution in [-0.2, 0) is 27.1 Å². The summed E-state index contributed by atoms with van der Waals surface area (Å²) in [6.45, 7) is 7.11. The zero-order valence-corrected chi connectivity index (χ0v) is 16.4. The number of carbonyl (C=O) groups is 2. The summed E-state index contributed by atoms with van der Waals surface area (Å²) in [6.07, 6.45) is 1.37. The number of rotatable bonds is 3. The van der Waals surface area contributed by atoms with Gasteiger partial charge in [0.25, 0.3) is 0 Å². The van der Waals surface area contributed by atoms with Gasteiger partial charge in [-0.15, -0.1) is 0 Å². The first kappa shape index (κ1) is 19.0. The van der Waals surface area contributed by atoms with E-state index in [1.165, 1.54) is 23.6 Å². The Morgan fingerprint density at radius 3 is 2.33 bits per heavy atom. The van der Waals surface area contributed by atoms with Gasteiger partial charge in [0.05, 0.1) is 7.11 Å². The highest BCUT2D eigenvalue weighted by molar-refractivity contribution is 6.05. The molecule has 3 rings (SSSR count). The number of esters is 1. The number of carbonyl (C=O) groups excluding carboxylic acids is 2. The molecule has 2 aromatic rings. The van der Waals surface area contributed by atoms with Crippen LogP contribution in [0.25, 0.3) is 16.3 Å².